The molecule has 1 aliphatic heterocycles. The highest BCUT2D eigenvalue weighted by Crippen LogP contribution is 2.21. The van der Waals surface area contributed by atoms with E-state index in [1.165, 1.54) is 4.31 Å². The van der Waals surface area contributed by atoms with Gasteiger partial charge in [0.2, 0.25) is 15.9 Å². The summed E-state index contributed by atoms with van der Waals surface area (Å²) in [5.41, 5.74) is 1.69. The van der Waals surface area contributed by atoms with E-state index in [9.17, 15) is 13.2 Å². The molecule has 1 heterocycles. The topological polar surface area (TPSA) is 78.5 Å². The quantitative estimate of drug-likeness (QED) is 0.765. The minimum absolute atomic E-state index is 0.169. The lowest BCUT2D eigenvalue weighted by atomic mass is 10.2. The van der Waals surface area contributed by atoms with Crippen molar-refractivity contribution in [2.75, 3.05) is 25.0 Å². The van der Waals surface area contributed by atoms with Crippen LogP contribution in [0.1, 0.15) is 24.8 Å². The molecule has 144 valence electrons. The van der Waals surface area contributed by atoms with Crippen LogP contribution in [0.5, 0.6) is 0 Å². The van der Waals surface area contributed by atoms with E-state index in [1.54, 1.807) is 24.3 Å². The molecule has 7 heteroatoms. The molecule has 1 aliphatic rings. The maximum absolute atomic E-state index is 12.6. The third kappa shape index (κ3) is 5.38. The molecular formula is C20H25N3O3S. The van der Waals surface area contributed by atoms with Crippen LogP contribution in [0.2, 0.25) is 0 Å². The van der Waals surface area contributed by atoms with Crippen molar-refractivity contribution >= 4 is 21.6 Å². The average Bonchev–Trinajstić information content (AvgIpc) is 2.70. The van der Waals surface area contributed by atoms with E-state index in [1.807, 2.05) is 30.3 Å². The Labute approximate surface area is 160 Å². The van der Waals surface area contributed by atoms with Gasteiger partial charge in [0.1, 0.15) is 0 Å². The van der Waals surface area contributed by atoms with Crippen LogP contribution in [0, 0.1) is 0 Å². The predicted octanol–water partition coefficient (Wildman–Crippen LogP) is 2.59. The molecular weight excluding hydrogens is 362 g/mol. The summed E-state index contributed by atoms with van der Waals surface area (Å²) in [5, 5.41) is 5.86. The van der Waals surface area contributed by atoms with Crippen molar-refractivity contribution in [3.05, 3.63) is 60.2 Å². The number of piperidine rings is 1. The smallest absolute Gasteiger partial charge is 0.243 e. The number of anilines is 1. The van der Waals surface area contributed by atoms with Gasteiger partial charge in [-0.2, -0.15) is 4.31 Å². The van der Waals surface area contributed by atoms with Crippen LogP contribution in [0.4, 0.5) is 5.69 Å². The van der Waals surface area contributed by atoms with Crippen molar-refractivity contribution < 1.29 is 13.2 Å². The Kier molecular flexibility index (Phi) is 6.60. The van der Waals surface area contributed by atoms with Crippen LogP contribution < -0.4 is 10.6 Å². The first-order valence-electron chi connectivity index (χ1n) is 9.20. The molecule has 1 fully saturated rings. The number of hydrogen-bond donors (Lipinski definition) is 2. The summed E-state index contributed by atoms with van der Waals surface area (Å²) in [5.74, 6) is -0.169. The van der Waals surface area contributed by atoms with E-state index >= 15 is 0 Å². The lowest BCUT2D eigenvalue weighted by Gasteiger charge is -2.25. The Morgan fingerprint density at radius 2 is 1.59 bits per heavy atom. The van der Waals surface area contributed by atoms with Crippen molar-refractivity contribution in [1.29, 1.82) is 0 Å². The van der Waals surface area contributed by atoms with Crippen LogP contribution >= 0.6 is 0 Å². The third-order valence-electron chi connectivity index (χ3n) is 4.55. The molecule has 0 atom stereocenters. The Balaban J connectivity index is 1.51. The molecule has 1 saturated heterocycles. The second-order valence-electron chi connectivity index (χ2n) is 6.63. The highest BCUT2D eigenvalue weighted by molar-refractivity contribution is 7.89. The van der Waals surface area contributed by atoms with Crippen LogP contribution in [0.25, 0.3) is 0 Å². The number of carbonyl (C=O) groups is 1. The fraction of sp³-hybridized carbons (Fsp3) is 0.350. The summed E-state index contributed by atoms with van der Waals surface area (Å²) < 4.78 is 26.8. The van der Waals surface area contributed by atoms with E-state index in [-0.39, 0.29) is 17.3 Å². The number of benzene rings is 2. The van der Waals surface area contributed by atoms with Gasteiger partial charge in [-0.1, -0.05) is 36.8 Å². The van der Waals surface area contributed by atoms with Gasteiger partial charge in [0.25, 0.3) is 0 Å². The number of nitrogens with one attached hydrogen (secondary N) is 2. The molecule has 0 spiro atoms. The zero-order valence-corrected chi connectivity index (χ0v) is 16.0. The van der Waals surface area contributed by atoms with Crippen LogP contribution in [-0.2, 0) is 21.4 Å². The lowest BCUT2D eigenvalue weighted by molar-refractivity contribution is -0.115. The molecule has 2 N–H and O–H groups in total. The molecule has 0 saturated carbocycles. The molecule has 2 aromatic carbocycles. The van der Waals surface area contributed by atoms with Crippen molar-refractivity contribution in [2.45, 2.75) is 30.7 Å². The van der Waals surface area contributed by atoms with E-state index in [4.69, 9.17) is 0 Å². The average molecular weight is 388 g/mol. The maximum Gasteiger partial charge on any atom is 0.243 e. The molecule has 6 nitrogen and oxygen atoms in total. The first-order chi connectivity index (χ1) is 13.1. The summed E-state index contributed by atoms with van der Waals surface area (Å²) >= 11 is 0. The maximum atomic E-state index is 12.6. The van der Waals surface area contributed by atoms with Crippen molar-refractivity contribution in [1.82, 2.24) is 9.62 Å². The molecule has 27 heavy (non-hydrogen) atoms. The predicted molar refractivity (Wildman–Crippen MR) is 106 cm³/mol. The first kappa shape index (κ1) is 19.5. The highest BCUT2D eigenvalue weighted by atomic mass is 32.2. The zero-order valence-electron chi connectivity index (χ0n) is 15.2. The summed E-state index contributed by atoms with van der Waals surface area (Å²) in [6.07, 6.45) is 2.89. The molecule has 0 bridgehead atoms. The van der Waals surface area contributed by atoms with Crippen LogP contribution in [0.15, 0.2) is 59.5 Å². The van der Waals surface area contributed by atoms with Gasteiger partial charge in [-0.15, -0.1) is 0 Å². The number of hydrogen-bond acceptors (Lipinski definition) is 4. The van der Waals surface area contributed by atoms with Gasteiger partial charge in [-0.25, -0.2) is 8.42 Å². The second-order valence-corrected chi connectivity index (χ2v) is 8.56. The number of amides is 1. The fourth-order valence-electron chi connectivity index (χ4n) is 3.09. The Bertz CT molecular complexity index is 846. The monoisotopic (exact) mass is 387 g/mol. The second kappa shape index (κ2) is 9.12. The van der Waals surface area contributed by atoms with Crippen LogP contribution in [-0.4, -0.2) is 38.3 Å². The molecule has 3 rings (SSSR count). The van der Waals surface area contributed by atoms with E-state index in [0.717, 1.165) is 24.8 Å². The van der Waals surface area contributed by atoms with Gasteiger partial charge >= 0.3 is 0 Å². The minimum Gasteiger partial charge on any atom is -0.325 e. The van der Waals surface area contributed by atoms with Crippen LogP contribution in [0.3, 0.4) is 0 Å². The van der Waals surface area contributed by atoms with Gasteiger partial charge in [0, 0.05) is 25.3 Å². The number of rotatable bonds is 7. The van der Waals surface area contributed by atoms with Gasteiger partial charge in [-0.05, 0) is 42.7 Å². The fourth-order valence-corrected chi connectivity index (χ4v) is 4.60. The van der Waals surface area contributed by atoms with Crippen molar-refractivity contribution in [3.8, 4) is 0 Å². The Hall–Kier alpha value is -2.22. The van der Waals surface area contributed by atoms with Crippen molar-refractivity contribution in [3.63, 3.8) is 0 Å². The Morgan fingerprint density at radius 1 is 0.926 bits per heavy atom. The van der Waals surface area contributed by atoms with Gasteiger partial charge in [-0.3, -0.25) is 4.79 Å². The van der Waals surface area contributed by atoms with E-state index in [2.05, 4.69) is 10.6 Å². The molecule has 0 aliphatic carbocycles. The number of sulfonamides is 1. The third-order valence-corrected chi connectivity index (χ3v) is 6.46. The van der Waals surface area contributed by atoms with Crippen molar-refractivity contribution in [2.24, 2.45) is 0 Å². The Morgan fingerprint density at radius 3 is 2.26 bits per heavy atom. The normalized spacial score (nSPS) is 15.4. The molecule has 2 aromatic rings. The van der Waals surface area contributed by atoms with Gasteiger partial charge in [0.05, 0.1) is 11.4 Å². The standard InChI is InChI=1S/C20H25N3O3S/c24-20(16-21-15-17-7-3-1-4-8-17)22-18-9-11-19(12-10-18)27(25,26)23-13-5-2-6-14-23/h1,3-4,7-12,21H,2,5-6,13-16H2,(H,22,24). The van der Waals surface area contributed by atoms with E-state index in [0.29, 0.717) is 25.3 Å². The summed E-state index contributed by atoms with van der Waals surface area (Å²) in [6.45, 7) is 1.95. The first-order valence-corrected chi connectivity index (χ1v) is 10.6. The molecule has 0 radical (unpaired) electrons. The lowest BCUT2D eigenvalue weighted by Crippen LogP contribution is -2.35. The molecule has 0 unspecified atom stereocenters. The van der Waals surface area contributed by atoms with E-state index < -0.39 is 10.0 Å². The molecule has 0 aromatic heterocycles. The summed E-state index contributed by atoms with van der Waals surface area (Å²) in [6, 6.07) is 16.2. The van der Waals surface area contributed by atoms with Gasteiger partial charge < -0.3 is 10.6 Å². The molecule has 1 amide bonds. The SMILES string of the molecule is O=C(CNCc1ccccc1)Nc1ccc(S(=O)(=O)N2CCCCC2)cc1. The zero-order chi connectivity index (χ0) is 19.1. The summed E-state index contributed by atoms with van der Waals surface area (Å²) in [4.78, 5) is 12.3. The highest BCUT2D eigenvalue weighted by Gasteiger charge is 2.25. The summed E-state index contributed by atoms with van der Waals surface area (Å²) in [7, 11) is -3.44. The van der Waals surface area contributed by atoms with Gasteiger partial charge in [0.15, 0.2) is 0 Å². The number of nitrogens with zero attached hydrogens (tertiary/aromatic N) is 1. The minimum atomic E-state index is -3.44. The number of carbonyl (C=O) groups excluding carboxylic acids is 1. The largest absolute Gasteiger partial charge is 0.325 e.